The third kappa shape index (κ3) is 13.6. The van der Waals surface area contributed by atoms with Crippen molar-refractivity contribution in [1.29, 1.82) is 0 Å². The van der Waals surface area contributed by atoms with Crippen LogP contribution in [0, 0.1) is 5.92 Å². The fraction of sp³-hybridized carbons (Fsp3) is 0.464. The highest BCUT2D eigenvalue weighted by atomic mass is 35.5. The van der Waals surface area contributed by atoms with Crippen LogP contribution >= 0.6 is 24.8 Å². The highest BCUT2D eigenvalue weighted by molar-refractivity contribution is 5.85. The molecular weight excluding hydrogens is 481 g/mol. The van der Waals surface area contributed by atoms with Gasteiger partial charge in [0.1, 0.15) is 5.75 Å². The van der Waals surface area contributed by atoms with E-state index in [-0.39, 0.29) is 48.6 Å². The summed E-state index contributed by atoms with van der Waals surface area (Å²) in [7, 11) is 0. The van der Waals surface area contributed by atoms with Gasteiger partial charge in [-0.1, -0.05) is 88.2 Å². The molecule has 0 saturated carbocycles. The third-order valence-corrected chi connectivity index (χ3v) is 5.64. The summed E-state index contributed by atoms with van der Waals surface area (Å²) in [6.07, 6.45) is 8.67. The number of unbranched alkanes of at least 4 members (excludes halogenated alkanes) is 1. The van der Waals surface area contributed by atoms with Gasteiger partial charge in [0.2, 0.25) is 5.91 Å². The van der Waals surface area contributed by atoms with Gasteiger partial charge >= 0.3 is 0 Å². The Morgan fingerprint density at radius 3 is 2.31 bits per heavy atom. The molecular formula is C28H43Cl2N3O2. The van der Waals surface area contributed by atoms with Crippen molar-refractivity contribution >= 4 is 36.8 Å². The summed E-state index contributed by atoms with van der Waals surface area (Å²) in [5.41, 5.74) is 8.35. The highest BCUT2D eigenvalue weighted by Crippen LogP contribution is 2.13. The monoisotopic (exact) mass is 523 g/mol. The zero-order valence-electron chi connectivity index (χ0n) is 21.2. The molecule has 0 fully saturated rings. The summed E-state index contributed by atoms with van der Waals surface area (Å²) in [5, 5.41) is 16.4. The van der Waals surface area contributed by atoms with Crippen LogP contribution in [0.5, 0.6) is 5.75 Å². The van der Waals surface area contributed by atoms with Gasteiger partial charge in [0.05, 0.1) is 6.04 Å². The molecule has 5 nitrogen and oxygen atoms in total. The first kappa shape index (κ1) is 33.0. The van der Waals surface area contributed by atoms with E-state index in [1.54, 1.807) is 12.1 Å². The molecule has 35 heavy (non-hydrogen) atoms. The lowest BCUT2D eigenvalue weighted by atomic mass is 10.0. The fourth-order valence-corrected chi connectivity index (χ4v) is 3.78. The van der Waals surface area contributed by atoms with Crippen LogP contribution in [0.2, 0.25) is 0 Å². The molecule has 0 aliphatic carbocycles. The van der Waals surface area contributed by atoms with Crippen LogP contribution in [0.25, 0.3) is 6.08 Å². The van der Waals surface area contributed by atoms with E-state index in [1.807, 2.05) is 30.3 Å². The number of phenols is 1. The Hall–Kier alpha value is -2.05. The summed E-state index contributed by atoms with van der Waals surface area (Å²) >= 11 is 0. The van der Waals surface area contributed by atoms with Gasteiger partial charge < -0.3 is 21.5 Å². The van der Waals surface area contributed by atoms with Crippen molar-refractivity contribution in [2.75, 3.05) is 6.54 Å². The molecule has 0 aliphatic heterocycles. The number of halogens is 2. The van der Waals surface area contributed by atoms with Gasteiger partial charge in [-0.3, -0.25) is 4.79 Å². The van der Waals surface area contributed by atoms with E-state index in [0.29, 0.717) is 25.3 Å². The van der Waals surface area contributed by atoms with Gasteiger partial charge in [0.15, 0.2) is 0 Å². The number of nitrogens with one attached hydrogen (secondary N) is 2. The largest absolute Gasteiger partial charge is 0.508 e. The maximum Gasteiger partial charge on any atom is 0.237 e. The summed E-state index contributed by atoms with van der Waals surface area (Å²) in [6.45, 7) is 7.16. The molecule has 2 aromatic carbocycles. The predicted molar refractivity (Wildman–Crippen MR) is 152 cm³/mol. The van der Waals surface area contributed by atoms with Crippen molar-refractivity contribution in [2.45, 2.75) is 71.0 Å². The molecule has 196 valence electrons. The third-order valence-electron chi connectivity index (χ3n) is 5.64. The van der Waals surface area contributed by atoms with Gasteiger partial charge in [-0.15, -0.1) is 24.8 Å². The number of carbonyl (C=O) groups excluding carboxylic acids is 1. The van der Waals surface area contributed by atoms with Crippen LogP contribution in [0.15, 0.2) is 60.7 Å². The van der Waals surface area contributed by atoms with Gasteiger partial charge in [0.25, 0.3) is 0 Å². The Morgan fingerprint density at radius 1 is 1.06 bits per heavy atom. The van der Waals surface area contributed by atoms with E-state index >= 15 is 0 Å². The first-order valence-electron chi connectivity index (χ1n) is 12.2. The minimum absolute atomic E-state index is 0. The second-order valence-corrected chi connectivity index (χ2v) is 9.24. The molecule has 2 aromatic rings. The molecule has 0 radical (unpaired) electrons. The second-order valence-electron chi connectivity index (χ2n) is 9.24. The van der Waals surface area contributed by atoms with Gasteiger partial charge in [-0.25, -0.2) is 0 Å². The van der Waals surface area contributed by atoms with Gasteiger partial charge in [0, 0.05) is 18.6 Å². The number of carbonyl (C=O) groups is 1. The molecule has 2 rings (SSSR count). The van der Waals surface area contributed by atoms with E-state index < -0.39 is 6.04 Å². The number of amides is 1. The quantitative estimate of drug-likeness (QED) is 0.263. The molecule has 7 heteroatoms. The number of nitrogens with two attached hydrogens (primary N) is 1. The molecule has 0 unspecified atom stereocenters. The number of hydrogen-bond acceptors (Lipinski definition) is 4. The van der Waals surface area contributed by atoms with Gasteiger partial charge in [-0.05, 0) is 48.4 Å². The average molecular weight is 525 g/mol. The maximum absolute atomic E-state index is 12.7. The predicted octanol–water partition coefficient (Wildman–Crippen LogP) is 5.50. The average Bonchev–Trinajstić information content (AvgIpc) is 2.80. The fourth-order valence-electron chi connectivity index (χ4n) is 3.78. The number of rotatable bonds is 14. The van der Waals surface area contributed by atoms with Crippen LogP contribution in [0.1, 0.15) is 57.6 Å². The molecule has 0 aromatic heterocycles. The summed E-state index contributed by atoms with van der Waals surface area (Å²) in [4.78, 5) is 12.7. The lowest BCUT2D eigenvalue weighted by molar-refractivity contribution is -0.123. The van der Waals surface area contributed by atoms with Crippen molar-refractivity contribution in [3.63, 3.8) is 0 Å². The SMILES string of the molecule is CCCC[C@H](N)C(=O)N[C@H](CN[C@H](/C=C/c1ccccc1)CC(C)C)Cc1ccc(O)cc1.Cl.Cl. The molecule has 0 spiro atoms. The molecule has 5 N–H and O–H groups in total. The molecule has 1 amide bonds. The normalized spacial score (nSPS) is 13.5. The summed E-state index contributed by atoms with van der Waals surface area (Å²) in [6, 6.07) is 17.0. The maximum atomic E-state index is 12.7. The van der Waals surface area contributed by atoms with Crippen molar-refractivity contribution < 1.29 is 9.90 Å². The number of benzene rings is 2. The number of hydrogen-bond donors (Lipinski definition) is 4. The van der Waals surface area contributed by atoms with Crippen LogP contribution in [0.4, 0.5) is 0 Å². The minimum atomic E-state index is -0.489. The lowest BCUT2D eigenvalue weighted by Gasteiger charge is -2.25. The zero-order valence-corrected chi connectivity index (χ0v) is 22.8. The Bertz CT molecular complexity index is 845. The van der Waals surface area contributed by atoms with E-state index in [9.17, 15) is 9.90 Å². The van der Waals surface area contributed by atoms with Crippen molar-refractivity contribution in [3.8, 4) is 5.75 Å². The standard InChI is InChI=1S/C28H41N3O2.2ClH/c1-4-5-11-27(29)28(33)31-25(19-23-13-16-26(32)17-14-23)20-30-24(18-21(2)3)15-12-22-9-7-6-8-10-22;;/h6-10,12-17,21,24-25,27,30,32H,4-5,11,18-20,29H2,1-3H3,(H,31,33);2*1H/b15-12+;;/t24-,25+,27+;;/m1../s1. The minimum Gasteiger partial charge on any atom is -0.508 e. The van der Waals surface area contributed by atoms with Crippen molar-refractivity contribution in [1.82, 2.24) is 10.6 Å². The Kier molecular flexibility index (Phi) is 17.2. The number of phenolic OH excluding ortho intramolecular Hbond substituents is 1. The molecule has 0 bridgehead atoms. The lowest BCUT2D eigenvalue weighted by Crippen LogP contribution is -2.50. The Morgan fingerprint density at radius 2 is 1.71 bits per heavy atom. The van der Waals surface area contributed by atoms with E-state index in [0.717, 1.165) is 24.8 Å². The van der Waals surface area contributed by atoms with Crippen molar-refractivity contribution in [3.05, 3.63) is 71.8 Å². The Balaban J connectivity index is 0.00000578. The molecule has 0 aliphatic rings. The van der Waals surface area contributed by atoms with E-state index in [4.69, 9.17) is 5.73 Å². The highest BCUT2D eigenvalue weighted by Gasteiger charge is 2.19. The van der Waals surface area contributed by atoms with Crippen molar-refractivity contribution in [2.24, 2.45) is 11.7 Å². The van der Waals surface area contributed by atoms with Gasteiger partial charge in [-0.2, -0.15) is 0 Å². The van der Waals surface area contributed by atoms with Crippen LogP contribution < -0.4 is 16.4 Å². The Labute approximate surface area is 223 Å². The molecule has 3 atom stereocenters. The van der Waals surface area contributed by atoms with Crippen LogP contribution in [0.3, 0.4) is 0 Å². The van der Waals surface area contributed by atoms with Crippen LogP contribution in [-0.2, 0) is 11.2 Å². The summed E-state index contributed by atoms with van der Waals surface area (Å²) < 4.78 is 0. The first-order chi connectivity index (χ1) is 15.9. The summed E-state index contributed by atoms with van der Waals surface area (Å²) in [5.74, 6) is 0.673. The smallest absolute Gasteiger partial charge is 0.237 e. The topological polar surface area (TPSA) is 87.4 Å². The molecule has 0 saturated heterocycles. The molecule has 0 heterocycles. The van der Waals surface area contributed by atoms with E-state index in [1.165, 1.54) is 5.56 Å². The second kappa shape index (κ2) is 18.3. The van der Waals surface area contributed by atoms with Crippen LogP contribution in [-0.4, -0.2) is 35.7 Å². The first-order valence-corrected chi connectivity index (χ1v) is 12.2. The van der Waals surface area contributed by atoms with E-state index in [2.05, 4.69) is 55.7 Å². The number of aromatic hydroxyl groups is 1. The zero-order chi connectivity index (χ0) is 24.1.